The lowest BCUT2D eigenvalue weighted by atomic mass is 10.1. The molecule has 2 aromatic rings. The van der Waals surface area contributed by atoms with Gasteiger partial charge < -0.3 is 23.8 Å². The summed E-state index contributed by atoms with van der Waals surface area (Å²) in [6, 6.07) is 11.7. The van der Waals surface area contributed by atoms with Crippen molar-refractivity contribution in [3.05, 3.63) is 53.9 Å². The minimum Gasteiger partial charge on any atom is -0.497 e. The molecule has 0 spiro atoms. The van der Waals surface area contributed by atoms with Gasteiger partial charge in [0.2, 0.25) is 11.8 Å². The first-order chi connectivity index (χ1) is 14.5. The Morgan fingerprint density at radius 1 is 1.10 bits per heavy atom. The first-order valence-electron chi connectivity index (χ1n) is 10.3. The largest absolute Gasteiger partial charge is 0.497 e. The molecule has 0 atom stereocenters. The number of nitrogens with zero attached hydrogens (tertiary/aromatic N) is 3. The van der Waals surface area contributed by atoms with E-state index in [1.165, 1.54) is 0 Å². The van der Waals surface area contributed by atoms with Gasteiger partial charge in [-0.25, -0.2) is 0 Å². The molecule has 1 aliphatic carbocycles. The van der Waals surface area contributed by atoms with Gasteiger partial charge in [0.15, 0.2) is 0 Å². The monoisotopic (exact) mass is 413 g/mol. The third-order valence-electron chi connectivity index (χ3n) is 5.45. The van der Waals surface area contributed by atoms with Crippen LogP contribution in [0.2, 0.25) is 0 Å². The molecular weight excluding hydrogens is 382 g/mol. The van der Waals surface area contributed by atoms with Gasteiger partial charge in [0, 0.05) is 38.6 Å². The molecule has 30 heavy (non-hydrogen) atoms. The van der Waals surface area contributed by atoms with Crippen LogP contribution < -0.4 is 4.74 Å². The molecule has 2 amide bonds. The molecule has 1 fully saturated rings. The van der Waals surface area contributed by atoms with Crippen LogP contribution in [0.25, 0.3) is 0 Å². The summed E-state index contributed by atoms with van der Waals surface area (Å²) in [5.41, 5.74) is 1.97. The Balaban J connectivity index is 1.66. The minimum absolute atomic E-state index is 0.0158. The zero-order valence-electron chi connectivity index (χ0n) is 18.0. The van der Waals surface area contributed by atoms with E-state index < -0.39 is 0 Å². The van der Waals surface area contributed by atoms with Crippen molar-refractivity contribution in [2.24, 2.45) is 7.05 Å². The van der Waals surface area contributed by atoms with Crippen molar-refractivity contribution < 1.29 is 19.1 Å². The van der Waals surface area contributed by atoms with Gasteiger partial charge in [-0.3, -0.25) is 9.59 Å². The minimum atomic E-state index is -0.0832. The van der Waals surface area contributed by atoms with Gasteiger partial charge in [0.25, 0.3) is 0 Å². The maximum atomic E-state index is 13.1. The van der Waals surface area contributed by atoms with E-state index in [-0.39, 0.29) is 30.8 Å². The Bertz CT molecular complexity index is 842. The van der Waals surface area contributed by atoms with Crippen molar-refractivity contribution in [2.75, 3.05) is 33.9 Å². The molecule has 3 rings (SSSR count). The summed E-state index contributed by atoms with van der Waals surface area (Å²) in [4.78, 5) is 29.6. The van der Waals surface area contributed by atoms with E-state index in [1.807, 2.05) is 59.1 Å². The van der Waals surface area contributed by atoms with E-state index >= 15 is 0 Å². The molecule has 1 aromatic heterocycles. The fraction of sp³-hybridized carbons (Fsp3) is 0.478. The smallest absolute Gasteiger partial charge is 0.242 e. The highest BCUT2D eigenvalue weighted by molar-refractivity contribution is 5.86. The Kier molecular flexibility index (Phi) is 7.52. The molecule has 162 valence electrons. The van der Waals surface area contributed by atoms with Crippen LogP contribution in [0.15, 0.2) is 42.6 Å². The van der Waals surface area contributed by atoms with Gasteiger partial charge in [0.05, 0.1) is 33.2 Å². The highest BCUT2D eigenvalue weighted by Gasteiger charge is 2.34. The number of benzene rings is 1. The summed E-state index contributed by atoms with van der Waals surface area (Å²) in [6.45, 7) is 1.42. The Morgan fingerprint density at radius 2 is 1.83 bits per heavy atom. The number of carbonyl (C=O) groups excluding carboxylic acids is 2. The number of ether oxygens (including phenoxy) is 2. The number of amides is 2. The normalized spacial score (nSPS) is 13.2. The van der Waals surface area contributed by atoms with Crippen LogP contribution >= 0.6 is 0 Å². The van der Waals surface area contributed by atoms with E-state index in [0.717, 1.165) is 29.8 Å². The standard InChI is InChI=1S/C23H31N3O4/c1-24-12-4-5-20(24)16-26(19-8-9-19)23(28)17-25(13-14-29-2)22(27)15-18-6-10-21(30-3)11-7-18/h4-7,10-12,19H,8-9,13-17H2,1-3H3. The van der Waals surface area contributed by atoms with Crippen molar-refractivity contribution in [1.29, 1.82) is 0 Å². The molecule has 0 radical (unpaired) electrons. The van der Waals surface area contributed by atoms with Crippen molar-refractivity contribution in [2.45, 2.75) is 31.8 Å². The zero-order valence-corrected chi connectivity index (χ0v) is 18.0. The summed E-state index contributed by atoms with van der Waals surface area (Å²) in [5.74, 6) is 0.649. The van der Waals surface area contributed by atoms with E-state index in [9.17, 15) is 9.59 Å². The number of carbonyl (C=O) groups is 2. The Hall–Kier alpha value is -2.80. The van der Waals surface area contributed by atoms with E-state index in [2.05, 4.69) is 0 Å². The third kappa shape index (κ3) is 5.86. The third-order valence-corrected chi connectivity index (χ3v) is 5.45. The zero-order chi connectivity index (χ0) is 21.5. The molecular formula is C23H31N3O4. The highest BCUT2D eigenvalue weighted by atomic mass is 16.5. The number of rotatable bonds is 11. The highest BCUT2D eigenvalue weighted by Crippen LogP contribution is 2.28. The average Bonchev–Trinajstić information content (AvgIpc) is 3.51. The van der Waals surface area contributed by atoms with Gasteiger partial charge in [-0.2, -0.15) is 0 Å². The fourth-order valence-corrected chi connectivity index (χ4v) is 3.42. The van der Waals surface area contributed by atoms with Crippen LogP contribution in [0.1, 0.15) is 24.1 Å². The van der Waals surface area contributed by atoms with Crippen LogP contribution in [-0.4, -0.2) is 66.1 Å². The first kappa shape index (κ1) is 21.9. The van der Waals surface area contributed by atoms with E-state index in [0.29, 0.717) is 19.7 Å². The van der Waals surface area contributed by atoms with Crippen LogP contribution in [0.3, 0.4) is 0 Å². The van der Waals surface area contributed by atoms with Gasteiger partial charge >= 0.3 is 0 Å². The molecule has 1 heterocycles. The molecule has 0 N–H and O–H groups in total. The quantitative estimate of drug-likeness (QED) is 0.567. The van der Waals surface area contributed by atoms with Crippen molar-refractivity contribution >= 4 is 11.8 Å². The van der Waals surface area contributed by atoms with Crippen molar-refractivity contribution in [1.82, 2.24) is 14.4 Å². The predicted molar refractivity (Wildman–Crippen MR) is 114 cm³/mol. The predicted octanol–water partition coefficient (Wildman–Crippen LogP) is 2.24. The molecule has 1 aromatic carbocycles. The first-order valence-corrected chi connectivity index (χ1v) is 10.3. The molecule has 1 saturated carbocycles. The lowest BCUT2D eigenvalue weighted by molar-refractivity contribution is -0.141. The lowest BCUT2D eigenvalue weighted by Crippen LogP contribution is -2.45. The van der Waals surface area contributed by atoms with Crippen molar-refractivity contribution in [3.63, 3.8) is 0 Å². The van der Waals surface area contributed by atoms with Gasteiger partial charge in [-0.1, -0.05) is 12.1 Å². The fourth-order valence-electron chi connectivity index (χ4n) is 3.42. The second-order valence-corrected chi connectivity index (χ2v) is 7.70. The molecule has 7 nitrogen and oxygen atoms in total. The maximum absolute atomic E-state index is 13.1. The molecule has 0 bridgehead atoms. The molecule has 0 unspecified atom stereocenters. The van der Waals surface area contributed by atoms with Crippen molar-refractivity contribution in [3.8, 4) is 5.75 Å². The average molecular weight is 414 g/mol. The Morgan fingerprint density at radius 3 is 2.40 bits per heavy atom. The van der Waals surface area contributed by atoms with E-state index in [1.54, 1.807) is 19.1 Å². The maximum Gasteiger partial charge on any atom is 0.242 e. The number of methoxy groups -OCH3 is 2. The number of hydrogen-bond donors (Lipinski definition) is 0. The second-order valence-electron chi connectivity index (χ2n) is 7.70. The van der Waals surface area contributed by atoms with Crippen LogP contribution in [-0.2, 0) is 34.3 Å². The molecule has 0 aliphatic heterocycles. The summed E-state index contributed by atoms with van der Waals surface area (Å²) in [7, 11) is 5.19. The Labute approximate surface area is 178 Å². The number of aryl methyl sites for hydroxylation is 1. The SMILES string of the molecule is COCCN(CC(=O)N(Cc1cccn1C)C1CC1)C(=O)Cc1ccc(OC)cc1. The van der Waals surface area contributed by atoms with Gasteiger partial charge in [-0.05, 0) is 42.7 Å². The van der Waals surface area contributed by atoms with Crippen LogP contribution in [0, 0.1) is 0 Å². The lowest BCUT2D eigenvalue weighted by Gasteiger charge is -2.28. The summed E-state index contributed by atoms with van der Waals surface area (Å²) < 4.78 is 12.4. The molecule has 0 saturated heterocycles. The summed E-state index contributed by atoms with van der Waals surface area (Å²) in [6.07, 6.45) is 4.26. The molecule has 7 heteroatoms. The second kappa shape index (κ2) is 10.3. The van der Waals surface area contributed by atoms with Gasteiger partial charge in [0.1, 0.15) is 5.75 Å². The van der Waals surface area contributed by atoms with Gasteiger partial charge in [-0.15, -0.1) is 0 Å². The van der Waals surface area contributed by atoms with E-state index in [4.69, 9.17) is 9.47 Å². The molecule has 1 aliphatic rings. The van der Waals surface area contributed by atoms with Crippen LogP contribution in [0.4, 0.5) is 0 Å². The number of hydrogen-bond acceptors (Lipinski definition) is 4. The number of aromatic nitrogens is 1. The summed E-state index contributed by atoms with van der Waals surface area (Å²) >= 11 is 0. The topological polar surface area (TPSA) is 64.0 Å². The van der Waals surface area contributed by atoms with Crippen LogP contribution in [0.5, 0.6) is 5.75 Å². The summed E-state index contributed by atoms with van der Waals surface area (Å²) in [5, 5.41) is 0.